The van der Waals surface area contributed by atoms with Crippen molar-refractivity contribution >= 4 is 11.7 Å². The quantitative estimate of drug-likeness (QED) is 0.646. The largest absolute Gasteiger partial charge is 0.357 e. The number of hydrogen-bond acceptors (Lipinski definition) is 4. The summed E-state index contributed by atoms with van der Waals surface area (Å²) >= 11 is 0. The van der Waals surface area contributed by atoms with Gasteiger partial charge >= 0.3 is 0 Å². The number of aromatic nitrogens is 2. The molecule has 0 radical (unpaired) electrons. The van der Waals surface area contributed by atoms with Crippen LogP contribution in [-0.2, 0) is 6.54 Å². The van der Waals surface area contributed by atoms with Crippen LogP contribution < -0.4 is 10.2 Å². The Balaban J connectivity index is 1.39. The average molecular weight is 401 g/mol. The zero-order valence-electron chi connectivity index (χ0n) is 17.6. The van der Waals surface area contributed by atoms with Gasteiger partial charge in [-0.3, -0.25) is 4.79 Å². The van der Waals surface area contributed by atoms with Crippen LogP contribution in [0.3, 0.4) is 0 Å². The Morgan fingerprint density at radius 3 is 2.37 bits per heavy atom. The van der Waals surface area contributed by atoms with Crippen LogP contribution in [0.5, 0.6) is 0 Å². The highest BCUT2D eigenvalue weighted by molar-refractivity contribution is 5.94. The number of benzene rings is 2. The van der Waals surface area contributed by atoms with E-state index in [4.69, 9.17) is 0 Å². The first kappa shape index (κ1) is 20.1. The van der Waals surface area contributed by atoms with E-state index in [1.807, 2.05) is 30.3 Å². The molecule has 1 saturated heterocycles. The smallest absolute Gasteiger partial charge is 0.251 e. The van der Waals surface area contributed by atoms with Gasteiger partial charge < -0.3 is 10.2 Å². The molecule has 0 saturated carbocycles. The first-order valence-corrected chi connectivity index (χ1v) is 10.6. The predicted octanol–water partition coefficient (Wildman–Crippen LogP) is 4.80. The van der Waals surface area contributed by atoms with Crippen molar-refractivity contribution < 1.29 is 4.79 Å². The first-order valence-electron chi connectivity index (χ1n) is 10.6. The maximum Gasteiger partial charge on any atom is 0.251 e. The molecule has 0 unspecified atom stereocenters. The first-order chi connectivity index (χ1) is 14.6. The van der Waals surface area contributed by atoms with E-state index < -0.39 is 0 Å². The van der Waals surface area contributed by atoms with Crippen molar-refractivity contribution in [3.05, 3.63) is 77.6 Å². The fourth-order valence-corrected chi connectivity index (χ4v) is 3.72. The second-order valence-electron chi connectivity index (χ2n) is 8.11. The van der Waals surface area contributed by atoms with Crippen LogP contribution in [0.4, 0.5) is 5.82 Å². The summed E-state index contributed by atoms with van der Waals surface area (Å²) in [4.78, 5) is 23.6. The minimum Gasteiger partial charge on any atom is -0.357 e. The zero-order valence-corrected chi connectivity index (χ0v) is 17.6. The van der Waals surface area contributed by atoms with E-state index in [0.717, 1.165) is 35.7 Å². The monoisotopic (exact) mass is 400 g/mol. The number of nitrogens with one attached hydrogen (secondary N) is 1. The molecular weight excluding hydrogens is 372 g/mol. The molecule has 0 bridgehead atoms. The molecule has 1 aromatic heterocycles. The molecule has 2 aromatic carbocycles. The lowest BCUT2D eigenvalue weighted by molar-refractivity contribution is 0.0951. The van der Waals surface area contributed by atoms with E-state index in [1.165, 1.54) is 18.4 Å². The summed E-state index contributed by atoms with van der Waals surface area (Å²) in [6, 6.07) is 18.0. The number of nitrogens with zero attached hydrogens (tertiary/aromatic N) is 3. The van der Waals surface area contributed by atoms with Gasteiger partial charge in [0.05, 0.1) is 5.69 Å². The number of carbonyl (C=O) groups is 1. The molecule has 1 N–H and O–H groups in total. The third kappa shape index (κ3) is 4.67. The topological polar surface area (TPSA) is 58.1 Å². The Morgan fingerprint density at radius 2 is 1.70 bits per heavy atom. The molecule has 0 atom stereocenters. The summed E-state index contributed by atoms with van der Waals surface area (Å²) in [5.74, 6) is 1.41. The summed E-state index contributed by atoms with van der Waals surface area (Å²) in [7, 11) is 0. The maximum atomic E-state index is 12.5. The highest BCUT2D eigenvalue weighted by atomic mass is 16.1. The van der Waals surface area contributed by atoms with Crippen molar-refractivity contribution in [1.82, 2.24) is 15.3 Å². The van der Waals surface area contributed by atoms with Crippen LogP contribution in [0, 0.1) is 0 Å². The third-order valence-electron chi connectivity index (χ3n) is 5.63. The van der Waals surface area contributed by atoms with Gasteiger partial charge in [0.15, 0.2) is 0 Å². The van der Waals surface area contributed by atoms with Gasteiger partial charge in [-0.25, -0.2) is 9.97 Å². The molecule has 3 aromatic rings. The fraction of sp³-hybridized carbons (Fsp3) is 0.320. The van der Waals surface area contributed by atoms with Gasteiger partial charge in [-0.15, -0.1) is 0 Å². The molecule has 1 fully saturated rings. The van der Waals surface area contributed by atoms with E-state index in [-0.39, 0.29) is 5.91 Å². The lowest BCUT2D eigenvalue weighted by Gasteiger charge is -2.16. The predicted molar refractivity (Wildman–Crippen MR) is 121 cm³/mol. The molecule has 30 heavy (non-hydrogen) atoms. The third-order valence-corrected chi connectivity index (χ3v) is 5.63. The van der Waals surface area contributed by atoms with Gasteiger partial charge in [0.2, 0.25) is 0 Å². The van der Waals surface area contributed by atoms with Gasteiger partial charge in [0.25, 0.3) is 5.91 Å². The average Bonchev–Trinajstić information content (AvgIpc) is 3.33. The SMILES string of the molecule is CC(C)c1ccc(CNC(=O)c2ccc(-c3cc(N4CCCC4)ncn3)cc2)cc1. The Hall–Kier alpha value is -3.21. The van der Waals surface area contributed by atoms with Crippen molar-refractivity contribution in [3.8, 4) is 11.3 Å². The fourth-order valence-electron chi connectivity index (χ4n) is 3.72. The molecule has 1 aliphatic rings. The molecular formula is C25H28N4O. The summed E-state index contributed by atoms with van der Waals surface area (Å²) in [6.07, 6.45) is 4.05. The summed E-state index contributed by atoms with van der Waals surface area (Å²) in [6.45, 7) is 6.97. The lowest BCUT2D eigenvalue weighted by Crippen LogP contribution is -2.22. The van der Waals surface area contributed by atoms with Gasteiger partial charge in [-0.1, -0.05) is 50.2 Å². The maximum absolute atomic E-state index is 12.5. The molecule has 1 aliphatic heterocycles. The van der Waals surface area contributed by atoms with Crippen LogP contribution in [0.25, 0.3) is 11.3 Å². The Morgan fingerprint density at radius 1 is 1.00 bits per heavy atom. The number of amides is 1. The Kier molecular flexibility index (Phi) is 6.07. The molecule has 5 heteroatoms. The summed E-state index contributed by atoms with van der Waals surface area (Å²) in [5.41, 5.74) is 4.91. The molecule has 1 amide bonds. The molecule has 0 aliphatic carbocycles. The van der Waals surface area contributed by atoms with E-state index in [0.29, 0.717) is 18.0 Å². The van der Waals surface area contributed by atoms with Crippen molar-refractivity contribution in [2.45, 2.75) is 39.2 Å². The number of rotatable bonds is 6. The minimum atomic E-state index is -0.0741. The van der Waals surface area contributed by atoms with Crippen molar-refractivity contribution in [3.63, 3.8) is 0 Å². The standard InChI is InChI=1S/C25H28N4O/c1-18(2)20-7-5-19(6-8-20)16-26-25(30)22-11-9-21(10-12-22)23-15-24(28-17-27-23)29-13-3-4-14-29/h5-12,15,17-18H,3-4,13-14,16H2,1-2H3,(H,26,30). The second kappa shape index (κ2) is 9.08. The van der Waals surface area contributed by atoms with Crippen molar-refractivity contribution in [1.29, 1.82) is 0 Å². The van der Waals surface area contributed by atoms with Gasteiger partial charge in [0, 0.05) is 36.8 Å². The summed E-state index contributed by atoms with van der Waals surface area (Å²) < 4.78 is 0. The highest BCUT2D eigenvalue weighted by Gasteiger charge is 2.14. The van der Waals surface area contributed by atoms with E-state index in [2.05, 4.69) is 58.3 Å². The van der Waals surface area contributed by atoms with Crippen molar-refractivity contribution in [2.75, 3.05) is 18.0 Å². The summed E-state index contributed by atoms with van der Waals surface area (Å²) in [5, 5.41) is 3.00. The zero-order chi connectivity index (χ0) is 20.9. The van der Waals surface area contributed by atoms with E-state index >= 15 is 0 Å². The Bertz CT molecular complexity index is 990. The Labute approximate surface area is 178 Å². The van der Waals surface area contributed by atoms with Crippen molar-refractivity contribution in [2.24, 2.45) is 0 Å². The normalized spacial score (nSPS) is 13.6. The van der Waals surface area contributed by atoms with Crippen LogP contribution in [0.2, 0.25) is 0 Å². The lowest BCUT2D eigenvalue weighted by atomic mass is 10.0. The number of carbonyl (C=O) groups excluding carboxylic acids is 1. The van der Waals surface area contributed by atoms with Gasteiger partial charge in [-0.2, -0.15) is 0 Å². The minimum absolute atomic E-state index is 0.0741. The number of anilines is 1. The van der Waals surface area contributed by atoms with E-state index in [1.54, 1.807) is 6.33 Å². The van der Waals surface area contributed by atoms with E-state index in [9.17, 15) is 4.79 Å². The molecule has 0 spiro atoms. The molecule has 5 nitrogen and oxygen atoms in total. The van der Waals surface area contributed by atoms with Crippen LogP contribution in [0.15, 0.2) is 60.9 Å². The number of hydrogen-bond donors (Lipinski definition) is 1. The molecule has 2 heterocycles. The highest BCUT2D eigenvalue weighted by Crippen LogP contribution is 2.23. The van der Waals surface area contributed by atoms with Gasteiger partial charge in [-0.05, 0) is 42.0 Å². The van der Waals surface area contributed by atoms with Gasteiger partial charge in [0.1, 0.15) is 12.1 Å². The second-order valence-corrected chi connectivity index (χ2v) is 8.11. The van der Waals surface area contributed by atoms with Crippen LogP contribution in [0.1, 0.15) is 54.1 Å². The molecule has 154 valence electrons. The van der Waals surface area contributed by atoms with Crippen LogP contribution in [-0.4, -0.2) is 29.0 Å². The molecule has 4 rings (SSSR count). The van der Waals surface area contributed by atoms with Crippen LogP contribution >= 0.6 is 0 Å².